The van der Waals surface area contributed by atoms with Crippen molar-refractivity contribution in [1.29, 1.82) is 0 Å². The lowest BCUT2D eigenvalue weighted by atomic mass is 9.92. The van der Waals surface area contributed by atoms with Crippen LogP contribution in [-0.2, 0) is 10.2 Å². The number of carbonyl (C=O) groups excluding carboxylic acids is 1. The molecule has 3 rings (SSSR count). The molecular formula is C21H22FN3OS. The van der Waals surface area contributed by atoms with Crippen LogP contribution in [0.2, 0.25) is 0 Å². The van der Waals surface area contributed by atoms with Crippen molar-refractivity contribution < 1.29 is 9.18 Å². The van der Waals surface area contributed by atoms with Gasteiger partial charge in [-0.15, -0.1) is 11.8 Å². The molecule has 6 heteroatoms. The number of halogens is 1. The normalized spacial score (nSPS) is 11.4. The first kappa shape index (κ1) is 19.2. The number of amides is 1. The van der Waals surface area contributed by atoms with E-state index in [1.165, 1.54) is 17.8 Å². The number of nitrogens with one attached hydrogen (secondary N) is 1. The van der Waals surface area contributed by atoms with Crippen molar-refractivity contribution in [2.75, 3.05) is 11.1 Å². The zero-order chi connectivity index (χ0) is 19.4. The molecule has 0 aliphatic heterocycles. The molecular weight excluding hydrogens is 361 g/mol. The summed E-state index contributed by atoms with van der Waals surface area (Å²) in [6.45, 7) is 6.22. The Hall–Kier alpha value is -2.60. The molecule has 1 heterocycles. The number of para-hydroxylation sites is 1. The highest BCUT2D eigenvalue weighted by molar-refractivity contribution is 8.00. The summed E-state index contributed by atoms with van der Waals surface area (Å²) in [4.78, 5) is 12.9. The van der Waals surface area contributed by atoms with E-state index in [1.807, 2.05) is 36.4 Å². The Morgan fingerprint density at radius 2 is 1.78 bits per heavy atom. The molecule has 27 heavy (non-hydrogen) atoms. The molecule has 0 unspecified atom stereocenters. The third kappa shape index (κ3) is 4.77. The van der Waals surface area contributed by atoms with Crippen molar-refractivity contribution in [3.05, 3.63) is 72.2 Å². The van der Waals surface area contributed by atoms with Gasteiger partial charge in [0.05, 0.1) is 17.1 Å². The van der Waals surface area contributed by atoms with Gasteiger partial charge < -0.3 is 5.32 Å². The van der Waals surface area contributed by atoms with E-state index in [0.717, 1.165) is 11.4 Å². The van der Waals surface area contributed by atoms with Crippen LogP contribution in [0.3, 0.4) is 0 Å². The molecule has 1 amide bonds. The third-order valence-electron chi connectivity index (χ3n) is 3.94. The largest absolute Gasteiger partial charge is 0.310 e. The summed E-state index contributed by atoms with van der Waals surface area (Å²) in [6, 6.07) is 18.0. The van der Waals surface area contributed by atoms with Crippen molar-refractivity contribution in [2.45, 2.75) is 31.1 Å². The Bertz CT molecular complexity index is 932. The molecule has 0 atom stereocenters. The number of hydrogen-bond donors (Lipinski definition) is 1. The number of carbonyl (C=O) groups is 1. The molecule has 0 bridgehead atoms. The maximum atomic E-state index is 13.7. The minimum absolute atomic E-state index is 0.117. The molecule has 2 aromatic carbocycles. The Kier molecular flexibility index (Phi) is 5.65. The fourth-order valence-corrected chi connectivity index (χ4v) is 3.23. The van der Waals surface area contributed by atoms with E-state index in [0.29, 0.717) is 10.7 Å². The minimum Gasteiger partial charge on any atom is -0.310 e. The van der Waals surface area contributed by atoms with Gasteiger partial charge in [-0.3, -0.25) is 4.79 Å². The molecule has 1 aromatic heterocycles. The van der Waals surface area contributed by atoms with E-state index in [1.54, 1.807) is 22.9 Å². The first-order valence-corrected chi connectivity index (χ1v) is 9.66. The molecule has 140 valence electrons. The molecule has 0 aliphatic carbocycles. The zero-order valence-corrected chi connectivity index (χ0v) is 16.4. The second kappa shape index (κ2) is 7.96. The van der Waals surface area contributed by atoms with E-state index in [-0.39, 0.29) is 22.9 Å². The summed E-state index contributed by atoms with van der Waals surface area (Å²) in [7, 11) is 0. The van der Waals surface area contributed by atoms with Gasteiger partial charge in [-0.05, 0) is 24.3 Å². The van der Waals surface area contributed by atoms with E-state index in [4.69, 9.17) is 0 Å². The first-order chi connectivity index (χ1) is 12.8. The van der Waals surface area contributed by atoms with Crippen molar-refractivity contribution in [3.8, 4) is 5.69 Å². The second-order valence-corrected chi connectivity index (χ2v) is 8.20. The summed E-state index contributed by atoms with van der Waals surface area (Å²) in [5.74, 6) is 0.192. The van der Waals surface area contributed by atoms with Gasteiger partial charge >= 0.3 is 0 Å². The van der Waals surface area contributed by atoms with Crippen LogP contribution in [0.1, 0.15) is 26.5 Å². The van der Waals surface area contributed by atoms with Gasteiger partial charge in [0.2, 0.25) is 5.91 Å². The van der Waals surface area contributed by atoms with E-state index in [2.05, 4.69) is 31.2 Å². The van der Waals surface area contributed by atoms with Crippen LogP contribution < -0.4 is 5.32 Å². The average molecular weight is 383 g/mol. The standard InChI is InChI=1S/C21H22FN3OS/c1-21(2,3)18-13-19(25(24-18)15-9-5-4-6-10-15)23-20(26)14-27-17-12-8-7-11-16(17)22/h4-13H,14H2,1-3H3,(H,23,26). The minimum atomic E-state index is -0.320. The van der Waals surface area contributed by atoms with Crippen LogP contribution >= 0.6 is 11.8 Å². The molecule has 1 N–H and O–H groups in total. The van der Waals surface area contributed by atoms with Gasteiger partial charge in [0.25, 0.3) is 0 Å². The average Bonchev–Trinajstić information content (AvgIpc) is 3.06. The number of nitrogens with zero attached hydrogens (tertiary/aromatic N) is 2. The zero-order valence-electron chi connectivity index (χ0n) is 15.6. The molecule has 0 radical (unpaired) electrons. The van der Waals surface area contributed by atoms with E-state index >= 15 is 0 Å². The van der Waals surface area contributed by atoms with Crippen molar-refractivity contribution in [2.24, 2.45) is 0 Å². The van der Waals surface area contributed by atoms with E-state index in [9.17, 15) is 9.18 Å². The second-order valence-electron chi connectivity index (χ2n) is 7.18. The summed E-state index contributed by atoms with van der Waals surface area (Å²) in [6.07, 6.45) is 0. The molecule has 3 aromatic rings. The molecule has 4 nitrogen and oxygen atoms in total. The van der Waals surface area contributed by atoms with Gasteiger partial charge in [0.1, 0.15) is 11.6 Å². The predicted octanol–water partition coefficient (Wildman–Crippen LogP) is 5.04. The lowest BCUT2D eigenvalue weighted by Crippen LogP contribution is -2.17. The van der Waals surface area contributed by atoms with Crippen molar-refractivity contribution >= 4 is 23.5 Å². The van der Waals surface area contributed by atoms with Gasteiger partial charge in [-0.1, -0.05) is 51.1 Å². The monoisotopic (exact) mass is 383 g/mol. The lowest BCUT2D eigenvalue weighted by Gasteiger charge is -2.14. The molecule has 0 fully saturated rings. The van der Waals surface area contributed by atoms with Crippen LogP contribution in [0.25, 0.3) is 5.69 Å². The first-order valence-electron chi connectivity index (χ1n) is 8.68. The topological polar surface area (TPSA) is 46.9 Å². The molecule has 0 spiro atoms. The number of rotatable bonds is 5. The Labute approximate surface area is 162 Å². The highest BCUT2D eigenvalue weighted by Crippen LogP contribution is 2.27. The number of anilines is 1. The molecule has 0 saturated carbocycles. The van der Waals surface area contributed by atoms with Crippen LogP contribution in [0.4, 0.5) is 10.2 Å². The van der Waals surface area contributed by atoms with Gasteiger partial charge in [-0.25, -0.2) is 9.07 Å². The summed E-state index contributed by atoms with van der Waals surface area (Å²) >= 11 is 1.17. The lowest BCUT2D eigenvalue weighted by molar-refractivity contribution is -0.113. The summed E-state index contributed by atoms with van der Waals surface area (Å²) in [5, 5.41) is 7.58. The maximum absolute atomic E-state index is 13.7. The van der Waals surface area contributed by atoms with Crippen molar-refractivity contribution in [3.63, 3.8) is 0 Å². The molecule has 0 saturated heterocycles. The number of thioether (sulfide) groups is 1. The van der Waals surface area contributed by atoms with Gasteiger partial charge in [0, 0.05) is 16.4 Å². The Morgan fingerprint density at radius 3 is 2.44 bits per heavy atom. The smallest absolute Gasteiger partial charge is 0.235 e. The highest BCUT2D eigenvalue weighted by Gasteiger charge is 2.21. The summed E-state index contributed by atoms with van der Waals surface area (Å²) in [5.41, 5.74) is 1.59. The fraction of sp³-hybridized carbons (Fsp3) is 0.238. The maximum Gasteiger partial charge on any atom is 0.235 e. The Balaban J connectivity index is 1.80. The number of hydrogen-bond acceptors (Lipinski definition) is 3. The highest BCUT2D eigenvalue weighted by atomic mass is 32.2. The van der Waals surface area contributed by atoms with Crippen LogP contribution in [0, 0.1) is 5.82 Å². The van der Waals surface area contributed by atoms with Crippen LogP contribution in [-0.4, -0.2) is 21.4 Å². The molecule has 0 aliphatic rings. The number of aromatic nitrogens is 2. The van der Waals surface area contributed by atoms with E-state index < -0.39 is 0 Å². The van der Waals surface area contributed by atoms with Crippen LogP contribution in [0.5, 0.6) is 0 Å². The quantitative estimate of drug-likeness (QED) is 0.628. The van der Waals surface area contributed by atoms with Gasteiger partial charge in [0.15, 0.2) is 0 Å². The van der Waals surface area contributed by atoms with Crippen molar-refractivity contribution in [1.82, 2.24) is 9.78 Å². The summed E-state index contributed by atoms with van der Waals surface area (Å²) < 4.78 is 15.4. The predicted molar refractivity (Wildman–Crippen MR) is 108 cm³/mol. The van der Waals surface area contributed by atoms with Crippen LogP contribution in [0.15, 0.2) is 65.6 Å². The Morgan fingerprint density at radius 1 is 1.11 bits per heavy atom. The third-order valence-corrected chi connectivity index (χ3v) is 4.99. The van der Waals surface area contributed by atoms with Gasteiger partial charge in [-0.2, -0.15) is 5.10 Å². The number of benzene rings is 2. The fourth-order valence-electron chi connectivity index (χ4n) is 2.49. The SMILES string of the molecule is CC(C)(C)c1cc(NC(=O)CSc2ccccc2F)n(-c2ccccc2)n1.